The second kappa shape index (κ2) is 7.68. The minimum Gasteiger partial charge on any atom is -0.344 e. The van der Waals surface area contributed by atoms with Crippen LogP contribution < -0.4 is 5.32 Å². The van der Waals surface area contributed by atoms with Crippen molar-refractivity contribution in [3.05, 3.63) is 66.0 Å². The van der Waals surface area contributed by atoms with Crippen molar-refractivity contribution in [3.8, 4) is 0 Å². The first kappa shape index (κ1) is 16.9. The van der Waals surface area contributed by atoms with Crippen molar-refractivity contribution < 1.29 is 9.18 Å². The highest BCUT2D eigenvalue weighted by Gasteiger charge is 2.20. The molecule has 0 aliphatic heterocycles. The molecule has 0 fully saturated rings. The second-order valence-electron chi connectivity index (χ2n) is 5.79. The Balaban J connectivity index is 2.17. The van der Waals surface area contributed by atoms with E-state index in [4.69, 9.17) is 0 Å². The average molecular weight is 312 g/mol. The molecule has 0 saturated carbocycles. The summed E-state index contributed by atoms with van der Waals surface area (Å²) >= 11 is 0. The lowest BCUT2D eigenvalue weighted by atomic mass is 9.99. The number of hydrogen-bond acceptors (Lipinski definition) is 2. The van der Waals surface area contributed by atoms with Crippen LogP contribution in [-0.4, -0.2) is 17.7 Å². The van der Waals surface area contributed by atoms with Gasteiger partial charge in [-0.1, -0.05) is 32.0 Å². The van der Waals surface area contributed by atoms with Gasteiger partial charge in [-0.2, -0.15) is 0 Å². The second-order valence-corrected chi connectivity index (χ2v) is 5.79. The van der Waals surface area contributed by atoms with Gasteiger partial charge < -0.3 is 5.32 Å². The molecule has 3 nitrogen and oxygen atoms in total. The molecule has 2 aromatic rings. The lowest BCUT2D eigenvalue weighted by molar-refractivity contribution is 0.0939. The van der Waals surface area contributed by atoms with Gasteiger partial charge in [0.05, 0.1) is 11.7 Å². The topological polar surface area (TPSA) is 41.5 Å². The zero-order valence-electron chi connectivity index (χ0n) is 13.6. The first-order valence-electron chi connectivity index (χ1n) is 7.64. The molecule has 2 rings (SSSR count). The zero-order valence-corrected chi connectivity index (χ0v) is 13.6. The predicted molar refractivity (Wildman–Crippen MR) is 91.7 cm³/mol. The van der Waals surface area contributed by atoms with Crippen molar-refractivity contribution in [3.63, 3.8) is 0 Å². The Kier molecular flexibility index (Phi) is 5.63. The van der Waals surface area contributed by atoms with Crippen molar-refractivity contribution in [2.75, 3.05) is 0 Å². The molecule has 2 aromatic carbocycles. The summed E-state index contributed by atoms with van der Waals surface area (Å²) in [6, 6.07) is 14.9. The summed E-state index contributed by atoms with van der Waals surface area (Å²) < 4.78 is 13.0. The fourth-order valence-corrected chi connectivity index (χ4v) is 2.36. The van der Waals surface area contributed by atoms with Gasteiger partial charge in [-0.05, 0) is 49.2 Å². The summed E-state index contributed by atoms with van der Waals surface area (Å²) in [7, 11) is 0. The Hall–Kier alpha value is -2.49. The third-order valence-electron chi connectivity index (χ3n) is 3.57. The lowest BCUT2D eigenvalue weighted by Gasteiger charge is -2.22. The van der Waals surface area contributed by atoms with Gasteiger partial charge in [-0.3, -0.25) is 9.79 Å². The first-order valence-corrected chi connectivity index (χ1v) is 7.64. The summed E-state index contributed by atoms with van der Waals surface area (Å²) in [6.45, 7) is 5.93. The highest BCUT2D eigenvalue weighted by Crippen LogP contribution is 2.15. The molecule has 4 heteroatoms. The molecule has 1 amide bonds. The third kappa shape index (κ3) is 4.74. The van der Waals surface area contributed by atoms with Gasteiger partial charge in [0.25, 0.3) is 5.91 Å². The van der Waals surface area contributed by atoms with E-state index in [2.05, 4.69) is 10.3 Å². The van der Waals surface area contributed by atoms with Crippen LogP contribution in [0.3, 0.4) is 0 Å². The summed E-state index contributed by atoms with van der Waals surface area (Å²) in [6.07, 6.45) is 0. The van der Waals surface area contributed by atoms with Gasteiger partial charge in [0, 0.05) is 11.3 Å². The Bertz CT molecular complexity index is 678. The number of hydrogen-bond donors (Lipinski definition) is 1. The number of halogens is 1. The molecule has 120 valence electrons. The maximum atomic E-state index is 13.0. The van der Waals surface area contributed by atoms with Gasteiger partial charge in [-0.15, -0.1) is 0 Å². The van der Waals surface area contributed by atoms with Crippen LogP contribution in [0, 0.1) is 11.7 Å². The SMILES string of the molecule is CC(=Nc1ccc(F)cc1)C(NC(=O)c1ccccc1)C(C)C. The molecule has 0 bridgehead atoms. The van der Waals surface area contributed by atoms with Crippen molar-refractivity contribution in [1.82, 2.24) is 5.32 Å². The van der Waals surface area contributed by atoms with E-state index in [0.717, 1.165) is 5.71 Å². The van der Waals surface area contributed by atoms with Crippen molar-refractivity contribution in [2.24, 2.45) is 10.9 Å². The monoisotopic (exact) mass is 312 g/mol. The highest BCUT2D eigenvalue weighted by atomic mass is 19.1. The summed E-state index contributed by atoms with van der Waals surface area (Å²) in [5, 5.41) is 3.02. The van der Waals surface area contributed by atoms with Gasteiger partial charge in [0.1, 0.15) is 5.82 Å². The van der Waals surface area contributed by atoms with Crippen LogP contribution >= 0.6 is 0 Å². The van der Waals surface area contributed by atoms with Crippen LogP contribution in [0.5, 0.6) is 0 Å². The summed E-state index contributed by atoms with van der Waals surface area (Å²) in [5.74, 6) is -0.232. The molecule has 0 spiro atoms. The highest BCUT2D eigenvalue weighted by molar-refractivity contribution is 5.99. The van der Waals surface area contributed by atoms with Crippen molar-refractivity contribution >= 4 is 17.3 Å². The van der Waals surface area contributed by atoms with E-state index in [0.29, 0.717) is 11.3 Å². The van der Waals surface area contributed by atoms with Gasteiger partial charge in [0.2, 0.25) is 0 Å². The predicted octanol–water partition coefficient (Wildman–Crippen LogP) is 4.37. The van der Waals surface area contributed by atoms with Crippen LogP contribution in [0.1, 0.15) is 31.1 Å². The van der Waals surface area contributed by atoms with Gasteiger partial charge in [-0.25, -0.2) is 4.39 Å². The van der Waals surface area contributed by atoms with Crippen LogP contribution in [0.15, 0.2) is 59.6 Å². The molecule has 0 heterocycles. The molecule has 1 atom stereocenters. The number of carbonyl (C=O) groups excluding carboxylic acids is 1. The minimum absolute atomic E-state index is 0.127. The Morgan fingerprint density at radius 3 is 2.22 bits per heavy atom. The van der Waals surface area contributed by atoms with E-state index in [1.165, 1.54) is 12.1 Å². The standard InChI is InChI=1S/C19H21FN2O/c1-13(2)18(22-19(23)15-7-5-4-6-8-15)14(3)21-17-11-9-16(20)10-12-17/h4-13,18H,1-3H3,(H,22,23). The average Bonchev–Trinajstić information content (AvgIpc) is 2.55. The number of nitrogens with one attached hydrogen (secondary N) is 1. The van der Waals surface area contributed by atoms with E-state index in [1.54, 1.807) is 24.3 Å². The number of amides is 1. The number of rotatable bonds is 5. The quantitative estimate of drug-likeness (QED) is 0.818. The normalized spacial score (nSPS) is 13.0. The molecule has 0 aromatic heterocycles. The fraction of sp³-hybridized carbons (Fsp3) is 0.263. The van der Waals surface area contributed by atoms with Gasteiger partial charge in [0.15, 0.2) is 0 Å². The first-order chi connectivity index (χ1) is 11.0. The Morgan fingerprint density at radius 1 is 1.04 bits per heavy atom. The molecule has 1 N–H and O–H groups in total. The largest absolute Gasteiger partial charge is 0.344 e. The lowest BCUT2D eigenvalue weighted by Crippen LogP contribution is -2.43. The van der Waals surface area contributed by atoms with Crippen molar-refractivity contribution in [1.29, 1.82) is 0 Å². The zero-order chi connectivity index (χ0) is 16.8. The number of nitrogens with zero attached hydrogens (tertiary/aromatic N) is 1. The van der Waals surface area contributed by atoms with E-state index in [1.807, 2.05) is 39.0 Å². The molecule has 0 aliphatic carbocycles. The van der Waals surface area contributed by atoms with Crippen LogP contribution in [-0.2, 0) is 0 Å². The number of aliphatic imine (C=N–C) groups is 1. The summed E-state index contributed by atoms with van der Waals surface area (Å²) in [5.41, 5.74) is 2.08. The molecule has 0 radical (unpaired) electrons. The fourth-order valence-electron chi connectivity index (χ4n) is 2.36. The van der Waals surface area contributed by atoms with E-state index in [9.17, 15) is 9.18 Å². The Morgan fingerprint density at radius 2 is 1.65 bits per heavy atom. The maximum absolute atomic E-state index is 13.0. The van der Waals surface area contributed by atoms with Crippen molar-refractivity contribution in [2.45, 2.75) is 26.8 Å². The molecular formula is C19H21FN2O. The van der Waals surface area contributed by atoms with E-state index in [-0.39, 0.29) is 23.7 Å². The molecular weight excluding hydrogens is 291 g/mol. The third-order valence-corrected chi connectivity index (χ3v) is 3.57. The van der Waals surface area contributed by atoms with Crippen LogP contribution in [0.4, 0.5) is 10.1 Å². The molecule has 1 unspecified atom stereocenters. The summed E-state index contributed by atoms with van der Waals surface area (Å²) in [4.78, 5) is 16.8. The smallest absolute Gasteiger partial charge is 0.251 e. The minimum atomic E-state index is -0.292. The maximum Gasteiger partial charge on any atom is 0.251 e. The van der Waals surface area contributed by atoms with E-state index >= 15 is 0 Å². The van der Waals surface area contributed by atoms with Crippen LogP contribution in [0.25, 0.3) is 0 Å². The van der Waals surface area contributed by atoms with E-state index < -0.39 is 0 Å². The number of benzene rings is 2. The van der Waals surface area contributed by atoms with Crippen LogP contribution in [0.2, 0.25) is 0 Å². The molecule has 0 aliphatic rings. The number of carbonyl (C=O) groups is 1. The van der Waals surface area contributed by atoms with Gasteiger partial charge >= 0.3 is 0 Å². The Labute approximate surface area is 136 Å². The molecule has 0 saturated heterocycles. The molecule has 23 heavy (non-hydrogen) atoms.